The van der Waals surface area contributed by atoms with E-state index in [1.807, 2.05) is 56.0 Å². The van der Waals surface area contributed by atoms with Crippen molar-refractivity contribution in [2.24, 2.45) is 7.05 Å². The van der Waals surface area contributed by atoms with Gasteiger partial charge in [0.25, 0.3) is 5.91 Å². The van der Waals surface area contributed by atoms with Gasteiger partial charge < -0.3 is 14.2 Å². The first kappa shape index (κ1) is 13.7. The van der Waals surface area contributed by atoms with Crippen molar-refractivity contribution in [1.82, 2.24) is 9.47 Å². The second-order valence-corrected chi connectivity index (χ2v) is 5.66. The molecule has 3 rings (SSSR count). The van der Waals surface area contributed by atoms with Crippen LogP contribution in [0.15, 0.2) is 36.5 Å². The highest BCUT2D eigenvalue weighted by molar-refractivity contribution is 5.95. The predicted octanol–water partition coefficient (Wildman–Crippen LogP) is 2.41. The molecule has 0 radical (unpaired) electrons. The molecule has 1 aliphatic heterocycles. The Bertz CT molecular complexity index is 650. The molecule has 0 fully saturated rings. The Hall–Kier alpha value is -2.23. The molecule has 1 aromatic heterocycles. The number of nitrogens with zero attached hydrogens (tertiary/aromatic N) is 2. The maximum atomic E-state index is 12.5. The number of aryl methyl sites for hydroxylation is 1. The van der Waals surface area contributed by atoms with E-state index in [0.29, 0.717) is 6.54 Å². The van der Waals surface area contributed by atoms with Crippen LogP contribution in [-0.2, 0) is 13.5 Å². The molecule has 0 aliphatic carbocycles. The number of carbonyl (C=O) groups is 1. The number of benzene rings is 1. The lowest BCUT2D eigenvalue weighted by Gasteiger charge is -2.21. The van der Waals surface area contributed by atoms with Crippen molar-refractivity contribution in [3.8, 4) is 5.75 Å². The van der Waals surface area contributed by atoms with E-state index in [1.54, 1.807) is 4.90 Å². The summed E-state index contributed by atoms with van der Waals surface area (Å²) in [5.74, 6) is 0.992. The maximum Gasteiger partial charge on any atom is 0.255 e. The van der Waals surface area contributed by atoms with E-state index in [0.717, 1.165) is 23.4 Å². The maximum absolute atomic E-state index is 12.5. The van der Waals surface area contributed by atoms with Crippen molar-refractivity contribution in [2.45, 2.75) is 19.4 Å². The van der Waals surface area contributed by atoms with Gasteiger partial charge in [0, 0.05) is 32.4 Å². The summed E-state index contributed by atoms with van der Waals surface area (Å²) in [7, 11) is 3.78. The minimum atomic E-state index is 0.0420. The number of amides is 1. The number of carbonyl (C=O) groups excluding carboxylic acids is 1. The van der Waals surface area contributed by atoms with Crippen molar-refractivity contribution in [1.29, 1.82) is 0 Å². The zero-order chi connectivity index (χ0) is 15.0. The van der Waals surface area contributed by atoms with Gasteiger partial charge in [0.15, 0.2) is 0 Å². The van der Waals surface area contributed by atoms with Gasteiger partial charge in [-0.1, -0.05) is 18.2 Å². The minimum absolute atomic E-state index is 0.0420. The fraction of sp³-hybridized carbons (Fsp3) is 0.353. The molecule has 0 unspecified atom stereocenters. The molecule has 1 aliphatic rings. The first-order chi connectivity index (χ1) is 10.1. The van der Waals surface area contributed by atoms with Gasteiger partial charge in [-0.25, -0.2) is 0 Å². The molecular formula is C17H20N2O2. The minimum Gasteiger partial charge on any atom is -0.488 e. The topological polar surface area (TPSA) is 34.5 Å². The van der Waals surface area contributed by atoms with Crippen molar-refractivity contribution in [3.63, 3.8) is 0 Å². The summed E-state index contributed by atoms with van der Waals surface area (Å²) in [5.41, 5.74) is 2.97. The van der Waals surface area contributed by atoms with Gasteiger partial charge >= 0.3 is 0 Å². The molecule has 2 aromatic rings. The van der Waals surface area contributed by atoms with Gasteiger partial charge in [0.05, 0.1) is 12.1 Å². The Kier molecular flexibility index (Phi) is 3.45. The molecule has 4 nitrogen and oxygen atoms in total. The number of hydrogen-bond acceptors (Lipinski definition) is 2. The van der Waals surface area contributed by atoms with Crippen molar-refractivity contribution in [2.75, 3.05) is 13.6 Å². The first-order valence-corrected chi connectivity index (χ1v) is 7.18. The number of hydrogen-bond donors (Lipinski definition) is 0. The Balaban J connectivity index is 1.67. The van der Waals surface area contributed by atoms with Crippen molar-refractivity contribution >= 4 is 5.91 Å². The number of likely N-dealkylation sites (N-methyl/N-ethyl adjacent to an activating group) is 1. The number of ether oxygens (including phenoxy) is 1. The average Bonchev–Trinajstić information content (AvgIpc) is 3.02. The van der Waals surface area contributed by atoms with Gasteiger partial charge in [-0.3, -0.25) is 4.79 Å². The van der Waals surface area contributed by atoms with Gasteiger partial charge in [-0.05, 0) is 24.6 Å². The van der Waals surface area contributed by atoms with Gasteiger partial charge in [0.2, 0.25) is 0 Å². The first-order valence-electron chi connectivity index (χ1n) is 7.18. The van der Waals surface area contributed by atoms with Crippen LogP contribution in [0.25, 0.3) is 0 Å². The molecule has 1 atom stereocenters. The molecule has 0 N–H and O–H groups in total. The predicted molar refractivity (Wildman–Crippen MR) is 81.7 cm³/mol. The molecule has 1 aromatic carbocycles. The number of rotatable bonds is 3. The van der Waals surface area contributed by atoms with Crippen LogP contribution in [0.2, 0.25) is 0 Å². The lowest BCUT2D eigenvalue weighted by Crippen LogP contribution is -2.36. The average molecular weight is 284 g/mol. The van der Waals surface area contributed by atoms with Crippen molar-refractivity contribution < 1.29 is 9.53 Å². The summed E-state index contributed by atoms with van der Waals surface area (Å²) in [6.45, 7) is 2.56. The van der Waals surface area contributed by atoms with Gasteiger partial charge in [0.1, 0.15) is 11.9 Å². The van der Waals surface area contributed by atoms with Crippen LogP contribution in [-0.4, -0.2) is 35.1 Å². The van der Waals surface area contributed by atoms with E-state index >= 15 is 0 Å². The highest BCUT2D eigenvalue weighted by atomic mass is 16.5. The quantitative estimate of drug-likeness (QED) is 0.867. The zero-order valence-corrected chi connectivity index (χ0v) is 12.7. The summed E-state index contributed by atoms with van der Waals surface area (Å²) in [6.07, 6.45) is 2.82. The monoisotopic (exact) mass is 284 g/mol. The summed E-state index contributed by atoms with van der Waals surface area (Å²) in [6, 6.07) is 9.94. The summed E-state index contributed by atoms with van der Waals surface area (Å²) >= 11 is 0. The molecule has 0 saturated carbocycles. The third-order valence-corrected chi connectivity index (χ3v) is 4.15. The van der Waals surface area contributed by atoms with E-state index in [2.05, 4.69) is 6.07 Å². The molecule has 0 bridgehead atoms. The Morgan fingerprint density at radius 1 is 1.38 bits per heavy atom. The van der Waals surface area contributed by atoms with Gasteiger partial charge in [-0.15, -0.1) is 0 Å². The van der Waals surface area contributed by atoms with Crippen LogP contribution in [0.1, 0.15) is 21.6 Å². The second-order valence-electron chi connectivity index (χ2n) is 5.66. The molecule has 4 heteroatoms. The largest absolute Gasteiger partial charge is 0.488 e. The molecule has 1 amide bonds. The van der Waals surface area contributed by atoms with E-state index in [4.69, 9.17) is 4.74 Å². The second kappa shape index (κ2) is 5.28. The van der Waals surface area contributed by atoms with Crippen LogP contribution in [0.3, 0.4) is 0 Å². The number of aromatic nitrogens is 1. The SMILES string of the molecule is Cc1c(C(=O)N(C)C[C@H]2Cc3ccccc3O2)ccn1C. The molecular weight excluding hydrogens is 264 g/mol. The van der Waals surface area contributed by atoms with E-state index in [-0.39, 0.29) is 12.0 Å². The fourth-order valence-corrected chi connectivity index (χ4v) is 2.78. The third-order valence-electron chi connectivity index (χ3n) is 4.15. The van der Waals surface area contributed by atoms with Crippen LogP contribution >= 0.6 is 0 Å². The normalized spacial score (nSPS) is 16.4. The Morgan fingerprint density at radius 3 is 2.81 bits per heavy atom. The van der Waals surface area contributed by atoms with Gasteiger partial charge in [-0.2, -0.15) is 0 Å². The summed E-state index contributed by atoms with van der Waals surface area (Å²) < 4.78 is 7.86. The summed E-state index contributed by atoms with van der Waals surface area (Å²) in [5, 5.41) is 0. The highest BCUT2D eigenvalue weighted by Gasteiger charge is 2.26. The molecule has 21 heavy (non-hydrogen) atoms. The lowest BCUT2D eigenvalue weighted by molar-refractivity contribution is 0.0729. The van der Waals surface area contributed by atoms with Crippen molar-refractivity contribution in [3.05, 3.63) is 53.3 Å². The number of fused-ring (bicyclic) bond motifs is 1. The highest BCUT2D eigenvalue weighted by Crippen LogP contribution is 2.28. The molecule has 2 heterocycles. The number of para-hydroxylation sites is 1. The van der Waals surface area contributed by atoms with E-state index in [1.165, 1.54) is 5.56 Å². The van der Waals surface area contributed by atoms with Crippen LogP contribution < -0.4 is 4.74 Å². The van der Waals surface area contributed by atoms with E-state index < -0.39 is 0 Å². The van der Waals surface area contributed by atoms with Crippen LogP contribution in [0.4, 0.5) is 0 Å². The Labute approximate surface area is 124 Å². The molecule has 110 valence electrons. The molecule has 0 spiro atoms. The fourth-order valence-electron chi connectivity index (χ4n) is 2.78. The smallest absolute Gasteiger partial charge is 0.255 e. The van der Waals surface area contributed by atoms with Crippen LogP contribution in [0.5, 0.6) is 5.75 Å². The van der Waals surface area contributed by atoms with E-state index in [9.17, 15) is 4.79 Å². The van der Waals surface area contributed by atoms with Crippen LogP contribution in [0, 0.1) is 6.92 Å². The Morgan fingerprint density at radius 2 is 2.14 bits per heavy atom. The lowest BCUT2D eigenvalue weighted by atomic mass is 10.1. The molecule has 0 saturated heterocycles. The zero-order valence-electron chi connectivity index (χ0n) is 12.7. The third kappa shape index (κ3) is 2.53. The standard InChI is InChI=1S/C17H20N2O2/c1-12-15(8-9-18(12)2)17(20)19(3)11-14-10-13-6-4-5-7-16(13)21-14/h4-9,14H,10-11H2,1-3H3/t14-/m1/s1. The summed E-state index contributed by atoms with van der Waals surface area (Å²) in [4.78, 5) is 14.2.